The van der Waals surface area contributed by atoms with E-state index >= 15 is 0 Å². The normalized spacial score (nSPS) is 20.1. The van der Waals surface area contributed by atoms with Gasteiger partial charge in [-0.2, -0.15) is 0 Å². The third-order valence-electron chi connectivity index (χ3n) is 7.39. The highest BCUT2D eigenvalue weighted by Gasteiger charge is 2.59. The number of thioether (sulfide) groups is 2. The average Bonchev–Trinajstić information content (AvgIpc) is 3.48. The molecule has 0 bridgehead atoms. The van der Waals surface area contributed by atoms with E-state index in [9.17, 15) is 19.7 Å². The zero-order valence-corrected chi connectivity index (χ0v) is 25.6. The van der Waals surface area contributed by atoms with Crippen molar-refractivity contribution in [2.75, 3.05) is 5.75 Å². The smallest absolute Gasteiger partial charge is 0.357 e. The summed E-state index contributed by atoms with van der Waals surface area (Å²) in [4.78, 5) is 42.8. The molecule has 0 aliphatic carbocycles. The van der Waals surface area contributed by atoms with Crippen LogP contribution in [0.3, 0.4) is 0 Å². The largest absolute Gasteiger partial charge is 0.456 e. The van der Waals surface area contributed by atoms with Crippen molar-refractivity contribution in [1.82, 2.24) is 14.5 Å². The predicted octanol–water partition coefficient (Wildman–Crippen LogP) is 5.38. The van der Waals surface area contributed by atoms with Gasteiger partial charge in [0, 0.05) is 36.8 Å². The Morgan fingerprint density at radius 1 is 1.28 bits per heavy atom. The maximum atomic E-state index is 13.4. The van der Waals surface area contributed by atoms with Crippen LogP contribution in [0.15, 0.2) is 52.9 Å². The molecule has 0 N–H and O–H groups in total. The number of carbonyl (C=O) groups excluding carboxylic acids is 2. The number of hydrogen-bond donors (Lipinski definition) is 0. The van der Waals surface area contributed by atoms with Crippen LogP contribution < -0.4 is 0 Å². The van der Waals surface area contributed by atoms with Gasteiger partial charge in [-0.15, -0.1) is 11.8 Å². The summed E-state index contributed by atoms with van der Waals surface area (Å²) in [5, 5.41) is 10.7. The SMILES string of the molecule is C[C@@H](O[Si](C)(C)C(C)(C)C)[C@H]1C(=O)N2C(C(=O)OCc3ccc([N+](=O)[O-])cc3)=C(SCCn3ccnc3)S[C@H]12. The number of aromatic nitrogens is 2. The van der Waals surface area contributed by atoms with Crippen molar-refractivity contribution in [2.45, 2.75) is 70.5 Å². The number of amides is 1. The van der Waals surface area contributed by atoms with Crippen molar-refractivity contribution in [2.24, 2.45) is 5.92 Å². The van der Waals surface area contributed by atoms with Crippen LogP contribution in [-0.4, -0.2) is 56.8 Å². The molecule has 2 aliphatic rings. The first kappa shape index (κ1) is 29.4. The number of esters is 1. The Morgan fingerprint density at radius 3 is 2.56 bits per heavy atom. The van der Waals surface area contributed by atoms with E-state index in [0.717, 1.165) is 4.24 Å². The lowest BCUT2D eigenvalue weighted by Crippen LogP contribution is -2.62. The molecular formula is C26H34N4O6S2Si. The van der Waals surface area contributed by atoms with Gasteiger partial charge in [0.1, 0.15) is 12.0 Å². The standard InChI is InChI=1S/C26H34N4O6S2Si/c1-17(36-39(5,6)26(2,3)4)20-22(31)29-21(24(32)35-15-18-7-9-19(10-8-18)30(33)34)25(38-23(20)29)37-14-13-28-12-11-27-16-28/h7-12,16-17,20,23H,13-15H2,1-6H3/t17-,20+,23-/m1/s1. The first-order chi connectivity index (χ1) is 18.3. The van der Waals surface area contributed by atoms with E-state index in [1.54, 1.807) is 29.6 Å². The zero-order valence-electron chi connectivity index (χ0n) is 22.9. The number of non-ortho nitro benzene ring substituents is 1. The van der Waals surface area contributed by atoms with Crippen molar-refractivity contribution in [3.8, 4) is 0 Å². The number of fused-ring (bicyclic) bond motifs is 1. The predicted molar refractivity (Wildman–Crippen MR) is 154 cm³/mol. The average molecular weight is 591 g/mol. The number of imidazole rings is 1. The molecule has 1 aromatic heterocycles. The van der Waals surface area contributed by atoms with E-state index in [0.29, 0.717) is 17.9 Å². The molecule has 2 aliphatic heterocycles. The van der Waals surface area contributed by atoms with Gasteiger partial charge < -0.3 is 13.7 Å². The minimum Gasteiger partial charge on any atom is -0.456 e. The van der Waals surface area contributed by atoms with Crippen LogP contribution >= 0.6 is 23.5 Å². The summed E-state index contributed by atoms with van der Waals surface area (Å²) in [5.41, 5.74) is 0.851. The molecule has 2 aromatic rings. The molecule has 1 aromatic carbocycles. The van der Waals surface area contributed by atoms with E-state index in [1.807, 2.05) is 17.7 Å². The summed E-state index contributed by atoms with van der Waals surface area (Å²) in [6, 6.07) is 5.85. The highest BCUT2D eigenvalue weighted by Crippen LogP contribution is 2.55. The van der Waals surface area contributed by atoms with Gasteiger partial charge >= 0.3 is 5.97 Å². The number of rotatable bonds is 11. The fourth-order valence-electron chi connectivity index (χ4n) is 4.14. The molecule has 3 heterocycles. The summed E-state index contributed by atoms with van der Waals surface area (Å²) < 4.78 is 14.9. The molecule has 10 nitrogen and oxygen atoms in total. The minimum atomic E-state index is -2.10. The van der Waals surface area contributed by atoms with E-state index < -0.39 is 19.2 Å². The van der Waals surface area contributed by atoms with Crippen LogP contribution in [0, 0.1) is 16.0 Å². The number of nitro groups is 1. The molecule has 0 saturated carbocycles. The van der Waals surface area contributed by atoms with Crippen LogP contribution in [0.25, 0.3) is 0 Å². The van der Waals surface area contributed by atoms with Gasteiger partial charge in [0.15, 0.2) is 14.0 Å². The molecule has 0 unspecified atom stereocenters. The van der Waals surface area contributed by atoms with Gasteiger partial charge in [-0.1, -0.05) is 32.5 Å². The van der Waals surface area contributed by atoms with Crippen LogP contribution in [0.1, 0.15) is 33.3 Å². The lowest BCUT2D eigenvalue weighted by molar-refractivity contribution is -0.384. The molecular weight excluding hydrogens is 557 g/mol. The van der Waals surface area contributed by atoms with E-state index in [1.165, 1.54) is 35.7 Å². The molecule has 4 rings (SSSR count). The summed E-state index contributed by atoms with van der Waals surface area (Å²) >= 11 is 3.04. The number of β-lactam (4-membered cyclic amide) rings is 1. The molecule has 210 valence electrons. The number of carbonyl (C=O) groups is 2. The Kier molecular flexibility index (Phi) is 8.64. The number of benzene rings is 1. The molecule has 3 atom stereocenters. The summed E-state index contributed by atoms with van der Waals surface area (Å²) in [7, 11) is -2.10. The van der Waals surface area contributed by atoms with Crippen LogP contribution in [-0.2, 0) is 31.9 Å². The molecule has 13 heteroatoms. The molecule has 39 heavy (non-hydrogen) atoms. The fraction of sp³-hybridized carbons (Fsp3) is 0.500. The third kappa shape index (κ3) is 6.26. The quantitative estimate of drug-likeness (QED) is 0.112. The summed E-state index contributed by atoms with van der Waals surface area (Å²) in [6.45, 7) is 13.4. The Bertz CT molecular complexity index is 1260. The van der Waals surface area contributed by atoms with Gasteiger partial charge in [-0.3, -0.25) is 19.8 Å². The first-order valence-corrected chi connectivity index (χ1v) is 17.5. The molecule has 0 radical (unpaired) electrons. The van der Waals surface area contributed by atoms with Gasteiger partial charge in [0.05, 0.1) is 27.5 Å². The monoisotopic (exact) mass is 590 g/mol. The number of nitrogens with zero attached hydrogens (tertiary/aromatic N) is 4. The Labute approximate surface area is 237 Å². The highest BCUT2D eigenvalue weighted by atomic mass is 32.2. The van der Waals surface area contributed by atoms with Crippen LogP contribution in [0.2, 0.25) is 18.1 Å². The summed E-state index contributed by atoms with van der Waals surface area (Å²) in [6.07, 6.45) is 5.06. The summed E-state index contributed by atoms with van der Waals surface area (Å²) in [5.74, 6) is -0.384. The van der Waals surface area contributed by atoms with Crippen molar-refractivity contribution in [3.63, 3.8) is 0 Å². The topological polar surface area (TPSA) is 117 Å². The molecule has 1 amide bonds. The molecule has 1 saturated heterocycles. The Balaban J connectivity index is 1.48. The van der Waals surface area contributed by atoms with Crippen LogP contribution in [0.4, 0.5) is 5.69 Å². The second-order valence-corrected chi connectivity index (χ2v) is 18.4. The van der Waals surface area contributed by atoms with Crippen LogP contribution in [0.5, 0.6) is 0 Å². The Hall–Kier alpha value is -2.61. The van der Waals surface area contributed by atoms with E-state index in [2.05, 4.69) is 38.8 Å². The maximum Gasteiger partial charge on any atom is 0.357 e. The molecule has 0 spiro atoms. The number of ether oxygens (including phenoxy) is 1. The van der Waals surface area contributed by atoms with Crippen molar-refractivity contribution in [1.29, 1.82) is 0 Å². The maximum absolute atomic E-state index is 13.4. The lowest BCUT2D eigenvalue weighted by atomic mass is 9.92. The lowest BCUT2D eigenvalue weighted by Gasteiger charge is -2.48. The van der Waals surface area contributed by atoms with Crippen molar-refractivity contribution < 1.29 is 23.7 Å². The second kappa shape index (κ2) is 11.5. The van der Waals surface area contributed by atoms with E-state index in [-0.39, 0.29) is 46.3 Å². The van der Waals surface area contributed by atoms with Gasteiger partial charge in [-0.05, 0) is 42.8 Å². The highest BCUT2D eigenvalue weighted by molar-refractivity contribution is 8.22. The fourth-order valence-corrected chi connectivity index (χ4v) is 8.50. The van der Waals surface area contributed by atoms with Crippen molar-refractivity contribution in [3.05, 3.63) is 68.6 Å². The van der Waals surface area contributed by atoms with Gasteiger partial charge in [-0.25, -0.2) is 9.78 Å². The Morgan fingerprint density at radius 2 is 1.97 bits per heavy atom. The molecule has 1 fully saturated rings. The van der Waals surface area contributed by atoms with Gasteiger partial charge in [0.2, 0.25) is 5.91 Å². The number of hydrogen-bond acceptors (Lipinski definition) is 9. The number of nitro benzene ring substituents is 1. The third-order valence-corrected chi connectivity index (χ3v) is 14.6. The first-order valence-electron chi connectivity index (χ1n) is 12.7. The second-order valence-electron chi connectivity index (χ2n) is 11.1. The van der Waals surface area contributed by atoms with Gasteiger partial charge in [0.25, 0.3) is 5.69 Å². The minimum absolute atomic E-state index is 0.00990. The number of aryl methyl sites for hydroxylation is 1. The van der Waals surface area contributed by atoms with E-state index in [4.69, 9.17) is 9.16 Å². The van der Waals surface area contributed by atoms with Crippen molar-refractivity contribution >= 4 is 49.4 Å². The zero-order chi connectivity index (χ0) is 28.5.